The lowest BCUT2D eigenvalue weighted by Crippen LogP contribution is -2.41. The van der Waals surface area contributed by atoms with Crippen molar-refractivity contribution in [2.75, 3.05) is 27.1 Å². The maximum Gasteiger partial charge on any atom is 0.471 e. The van der Waals surface area contributed by atoms with Crippen LogP contribution in [0, 0.1) is 0 Å². The average molecular weight is 544 g/mol. The molecular formula is C26H36F3NO6Si. The third kappa shape index (κ3) is 7.44. The van der Waals surface area contributed by atoms with Crippen LogP contribution in [0.2, 0.25) is 18.1 Å². The molecule has 1 N–H and O–H groups in total. The molecule has 1 aliphatic heterocycles. The van der Waals surface area contributed by atoms with E-state index < -0.39 is 20.4 Å². The predicted molar refractivity (Wildman–Crippen MR) is 135 cm³/mol. The molecule has 3 rings (SSSR count). The van der Waals surface area contributed by atoms with E-state index in [1.165, 1.54) is 0 Å². The van der Waals surface area contributed by atoms with Crippen molar-refractivity contribution in [3.63, 3.8) is 0 Å². The molecule has 0 aliphatic carbocycles. The van der Waals surface area contributed by atoms with Crippen LogP contribution in [0.4, 0.5) is 13.2 Å². The van der Waals surface area contributed by atoms with Gasteiger partial charge < -0.3 is 28.4 Å². The van der Waals surface area contributed by atoms with Crippen molar-refractivity contribution in [3.05, 3.63) is 40.8 Å². The third-order valence-corrected chi connectivity index (χ3v) is 11.4. The van der Waals surface area contributed by atoms with Crippen LogP contribution in [0.15, 0.2) is 22.6 Å². The molecule has 0 bridgehead atoms. The summed E-state index contributed by atoms with van der Waals surface area (Å²) in [7, 11) is -0.255. The molecule has 37 heavy (non-hydrogen) atoms. The molecule has 0 radical (unpaired) electrons. The Morgan fingerprint density at radius 2 is 1.70 bits per heavy atom. The van der Waals surface area contributed by atoms with Crippen LogP contribution < -0.4 is 19.5 Å². The first-order chi connectivity index (χ1) is 17.2. The number of rotatable bonds is 11. The lowest BCUT2D eigenvalue weighted by atomic mass is 9.99. The van der Waals surface area contributed by atoms with Gasteiger partial charge in [0.1, 0.15) is 11.5 Å². The van der Waals surface area contributed by atoms with Crippen molar-refractivity contribution in [1.29, 1.82) is 0 Å². The van der Waals surface area contributed by atoms with Crippen LogP contribution in [0.5, 0.6) is 17.2 Å². The number of carbonyl (C=O) groups excluding carboxylic acids is 1. The molecule has 0 unspecified atom stereocenters. The number of halogens is 3. The molecule has 1 aromatic heterocycles. The van der Waals surface area contributed by atoms with Gasteiger partial charge in [0.2, 0.25) is 6.79 Å². The molecule has 0 fully saturated rings. The first kappa shape index (κ1) is 28.9. The van der Waals surface area contributed by atoms with Crippen molar-refractivity contribution >= 4 is 14.2 Å². The molecule has 2 heterocycles. The largest absolute Gasteiger partial charge is 0.493 e. The number of methoxy groups -OCH3 is 1. The van der Waals surface area contributed by atoms with Gasteiger partial charge in [-0.2, -0.15) is 13.2 Å². The maximum absolute atomic E-state index is 12.5. The Kier molecular flexibility index (Phi) is 8.89. The molecule has 1 aromatic carbocycles. The number of aryl methyl sites for hydroxylation is 1. The topological polar surface area (TPSA) is 79.2 Å². The number of carbonyl (C=O) groups is 1. The van der Waals surface area contributed by atoms with Gasteiger partial charge in [0.05, 0.1) is 7.11 Å². The first-order valence-electron chi connectivity index (χ1n) is 12.3. The van der Waals surface area contributed by atoms with E-state index in [0.29, 0.717) is 42.5 Å². The minimum Gasteiger partial charge on any atom is -0.493 e. The Morgan fingerprint density at radius 1 is 1.05 bits per heavy atom. The Balaban J connectivity index is 1.69. The van der Waals surface area contributed by atoms with E-state index in [1.54, 1.807) is 19.2 Å². The minimum absolute atomic E-state index is 0.0637. The number of benzene rings is 1. The van der Waals surface area contributed by atoms with E-state index in [9.17, 15) is 18.0 Å². The van der Waals surface area contributed by atoms with Crippen LogP contribution in [0.25, 0.3) is 0 Å². The van der Waals surface area contributed by atoms with Crippen LogP contribution in [0.3, 0.4) is 0 Å². The van der Waals surface area contributed by atoms with Crippen molar-refractivity contribution in [3.8, 4) is 17.2 Å². The van der Waals surface area contributed by atoms with E-state index in [2.05, 4.69) is 33.9 Å². The van der Waals surface area contributed by atoms with Gasteiger partial charge in [-0.15, -0.1) is 0 Å². The van der Waals surface area contributed by atoms with E-state index >= 15 is 0 Å². The number of hydrogen-bond donors (Lipinski definition) is 1. The van der Waals surface area contributed by atoms with Crippen LogP contribution in [0.1, 0.15) is 49.8 Å². The summed E-state index contributed by atoms with van der Waals surface area (Å²) < 4.78 is 66.4. The monoisotopic (exact) mass is 543 g/mol. The fourth-order valence-corrected chi connectivity index (χ4v) is 4.77. The van der Waals surface area contributed by atoms with Gasteiger partial charge in [0.15, 0.2) is 25.6 Å². The minimum atomic E-state index is -4.93. The Morgan fingerprint density at radius 3 is 2.30 bits per heavy atom. The third-order valence-electron chi connectivity index (χ3n) is 6.86. The molecule has 7 nitrogen and oxygen atoms in total. The normalized spacial score (nSPS) is 13.6. The highest BCUT2D eigenvalue weighted by molar-refractivity contribution is 6.74. The second-order valence-corrected chi connectivity index (χ2v) is 15.4. The second-order valence-electron chi connectivity index (χ2n) is 10.6. The van der Waals surface area contributed by atoms with Gasteiger partial charge >= 0.3 is 12.1 Å². The van der Waals surface area contributed by atoms with Crippen LogP contribution in [-0.4, -0.2) is 47.5 Å². The molecule has 0 spiro atoms. The van der Waals surface area contributed by atoms with Crippen LogP contribution >= 0.6 is 0 Å². The standard InChI is InChI=1S/C26H36F3NO6Si/c1-25(2,3)37(5,6)35-11-7-8-19-15-20(32-4)23(36-19)14-18-13-22-21(33-16-34-22)12-17(18)9-10-30-24(31)26(27,28)29/h12-13,15H,7-11,14,16H2,1-6H3,(H,30,31). The van der Waals surface area contributed by atoms with Gasteiger partial charge in [-0.1, -0.05) is 20.8 Å². The van der Waals surface area contributed by atoms with E-state index in [-0.39, 0.29) is 24.8 Å². The number of ether oxygens (including phenoxy) is 3. The zero-order chi connectivity index (χ0) is 27.4. The summed E-state index contributed by atoms with van der Waals surface area (Å²) in [6, 6.07) is 5.38. The van der Waals surface area contributed by atoms with Crippen molar-refractivity contribution in [2.45, 2.75) is 70.8 Å². The molecular weight excluding hydrogens is 507 g/mol. The smallest absolute Gasteiger partial charge is 0.471 e. The molecule has 0 atom stereocenters. The fourth-order valence-electron chi connectivity index (χ4n) is 3.68. The summed E-state index contributed by atoms with van der Waals surface area (Å²) in [5.74, 6) is 1.05. The SMILES string of the molecule is COc1cc(CCCO[Si](C)(C)C(C)(C)C)oc1Cc1cc2c(cc1CCNC(=O)C(F)(F)F)OCO2. The van der Waals surface area contributed by atoms with E-state index in [1.807, 2.05) is 11.4 Å². The van der Waals surface area contributed by atoms with E-state index in [4.69, 9.17) is 23.1 Å². The molecule has 0 saturated carbocycles. The highest BCUT2D eigenvalue weighted by atomic mass is 28.4. The van der Waals surface area contributed by atoms with Gasteiger partial charge in [0.25, 0.3) is 0 Å². The quantitative estimate of drug-likeness (QED) is 0.286. The molecule has 2 aromatic rings. The Hall–Kier alpha value is -2.66. The second kappa shape index (κ2) is 11.4. The lowest BCUT2D eigenvalue weighted by Gasteiger charge is -2.36. The molecule has 1 aliphatic rings. The molecule has 1 amide bonds. The van der Waals surface area contributed by atoms with Crippen LogP contribution in [-0.2, 0) is 28.5 Å². The summed E-state index contributed by atoms with van der Waals surface area (Å²) in [6.07, 6.45) is -2.93. The number of hydrogen-bond acceptors (Lipinski definition) is 6. The van der Waals surface area contributed by atoms with Gasteiger partial charge in [0, 0.05) is 32.1 Å². The van der Waals surface area contributed by atoms with Crippen molar-refractivity contribution < 1.29 is 41.0 Å². The zero-order valence-corrected chi connectivity index (χ0v) is 23.3. The van der Waals surface area contributed by atoms with Crippen molar-refractivity contribution in [1.82, 2.24) is 5.32 Å². The highest BCUT2D eigenvalue weighted by Gasteiger charge is 2.38. The summed E-state index contributed by atoms with van der Waals surface area (Å²) in [6.45, 7) is 11.6. The number of amides is 1. The summed E-state index contributed by atoms with van der Waals surface area (Å²) >= 11 is 0. The summed E-state index contributed by atoms with van der Waals surface area (Å²) in [4.78, 5) is 11.2. The van der Waals surface area contributed by atoms with Crippen molar-refractivity contribution in [2.24, 2.45) is 0 Å². The fraction of sp³-hybridized carbons (Fsp3) is 0.577. The highest BCUT2D eigenvalue weighted by Crippen LogP contribution is 2.38. The van der Waals surface area contributed by atoms with Gasteiger partial charge in [-0.25, -0.2) is 0 Å². The molecule has 206 valence electrons. The number of fused-ring (bicyclic) bond motifs is 1. The first-order valence-corrected chi connectivity index (χ1v) is 15.2. The maximum atomic E-state index is 12.5. The lowest BCUT2D eigenvalue weighted by molar-refractivity contribution is -0.173. The molecule has 11 heteroatoms. The summed E-state index contributed by atoms with van der Waals surface area (Å²) in [5.41, 5.74) is 1.50. The number of furan rings is 1. The Bertz CT molecular complexity index is 1090. The zero-order valence-electron chi connectivity index (χ0n) is 22.3. The number of alkyl halides is 3. The van der Waals surface area contributed by atoms with Gasteiger partial charge in [-0.05, 0) is 54.2 Å². The summed E-state index contributed by atoms with van der Waals surface area (Å²) in [5, 5.41) is 2.06. The number of nitrogens with one attached hydrogen (secondary N) is 1. The predicted octanol–water partition coefficient (Wildman–Crippen LogP) is 5.78. The van der Waals surface area contributed by atoms with E-state index in [0.717, 1.165) is 23.3 Å². The molecule has 0 saturated heterocycles. The average Bonchev–Trinajstić information content (AvgIpc) is 3.41. The van der Waals surface area contributed by atoms with Gasteiger partial charge in [-0.3, -0.25) is 4.79 Å². The Labute approximate surface area is 216 Å².